The van der Waals surface area contributed by atoms with Crippen LogP contribution in [0.25, 0.3) is 0 Å². The number of anilines is 1. The molecule has 0 amide bonds. The van der Waals surface area contributed by atoms with Crippen molar-refractivity contribution in [3.63, 3.8) is 0 Å². The van der Waals surface area contributed by atoms with Gasteiger partial charge in [-0.3, -0.25) is 9.78 Å². The van der Waals surface area contributed by atoms with Crippen LogP contribution in [0.1, 0.15) is 19.4 Å². The van der Waals surface area contributed by atoms with Crippen molar-refractivity contribution >= 4 is 11.7 Å². The predicted octanol–water partition coefficient (Wildman–Crippen LogP) is 1.69. The lowest BCUT2D eigenvalue weighted by Gasteiger charge is -2.08. The Bertz CT molecular complexity index is 336. The molecule has 1 aromatic carbocycles. The van der Waals surface area contributed by atoms with E-state index >= 15 is 0 Å². The summed E-state index contributed by atoms with van der Waals surface area (Å²) in [5.41, 5.74) is 7.20. The Balaban J connectivity index is 2.85. The van der Waals surface area contributed by atoms with Crippen LogP contribution in [0.3, 0.4) is 0 Å². The van der Waals surface area contributed by atoms with Crippen LogP contribution >= 0.6 is 0 Å². The van der Waals surface area contributed by atoms with Gasteiger partial charge in [-0.2, -0.15) is 0 Å². The van der Waals surface area contributed by atoms with Crippen LogP contribution in [0.15, 0.2) is 18.2 Å². The van der Waals surface area contributed by atoms with Crippen molar-refractivity contribution in [3.8, 4) is 5.75 Å². The first-order chi connectivity index (χ1) is 6.65. The van der Waals surface area contributed by atoms with E-state index in [2.05, 4.69) is 4.89 Å². The van der Waals surface area contributed by atoms with Crippen LogP contribution in [-0.4, -0.2) is 5.97 Å². The second-order valence-electron chi connectivity index (χ2n) is 2.84. The third kappa shape index (κ3) is 2.39. The highest BCUT2D eigenvalue weighted by atomic mass is 17.2. The first-order valence-electron chi connectivity index (χ1n) is 4.37. The summed E-state index contributed by atoms with van der Waals surface area (Å²) in [7, 11) is 0. The predicted molar refractivity (Wildman–Crippen MR) is 52.6 cm³/mol. The lowest BCUT2D eigenvalue weighted by atomic mass is 10.1. The van der Waals surface area contributed by atoms with Crippen molar-refractivity contribution < 1.29 is 14.6 Å². The molecule has 1 aromatic rings. The molecular weight excluding hydrogens is 182 g/mol. The lowest BCUT2D eigenvalue weighted by Crippen LogP contribution is -2.05. The number of carbonyl (C=O) groups excluding carboxylic acids is 1. The molecule has 4 heteroatoms. The molecule has 0 fully saturated rings. The fraction of sp³-hybridized carbons (Fsp3) is 0.300. The third-order valence-corrected chi connectivity index (χ3v) is 1.77. The molecule has 0 spiro atoms. The van der Waals surface area contributed by atoms with Crippen LogP contribution in [0.5, 0.6) is 5.75 Å². The van der Waals surface area contributed by atoms with Gasteiger partial charge in [0.05, 0.1) is 0 Å². The molecule has 0 aliphatic heterocycles. The van der Waals surface area contributed by atoms with Gasteiger partial charge in [0.1, 0.15) is 0 Å². The van der Waals surface area contributed by atoms with Gasteiger partial charge < -0.3 is 5.73 Å². The Kier molecular flexibility index (Phi) is 3.34. The van der Waals surface area contributed by atoms with Crippen LogP contribution in [0.2, 0.25) is 0 Å². The topological polar surface area (TPSA) is 61.6 Å². The van der Waals surface area contributed by atoms with E-state index < -0.39 is 5.97 Å². The van der Waals surface area contributed by atoms with E-state index in [1.54, 1.807) is 18.2 Å². The van der Waals surface area contributed by atoms with E-state index in [0.29, 0.717) is 11.4 Å². The highest BCUT2D eigenvalue weighted by molar-refractivity contribution is 5.65. The van der Waals surface area contributed by atoms with Gasteiger partial charge in [-0.05, 0) is 18.6 Å². The van der Waals surface area contributed by atoms with Crippen molar-refractivity contribution in [1.82, 2.24) is 0 Å². The van der Waals surface area contributed by atoms with E-state index in [1.165, 1.54) is 6.92 Å². The number of hydrogen-bond donors (Lipinski definition) is 1. The molecule has 0 heterocycles. The number of hydrogen-bond acceptors (Lipinski definition) is 4. The Morgan fingerprint density at radius 2 is 2.21 bits per heavy atom. The molecule has 14 heavy (non-hydrogen) atoms. The fourth-order valence-corrected chi connectivity index (χ4v) is 1.14. The van der Waals surface area contributed by atoms with E-state index in [9.17, 15) is 4.79 Å². The maximum absolute atomic E-state index is 10.5. The molecule has 0 aliphatic rings. The molecule has 0 radical (unpaired) electrons. The molecule has 76 valence electrons. The van der Waals surface area contributed by atoms with Crippen molar-refractivity contribution in [1.29, 1.82) is 0 Å². The summed E-state index contributed by atoms with van der Waals surface area (Å²) in [5, 5.41) is 0. The van der Waals surface area contributed by atoms with Crippen LogP contribution in [0.4, 0.5) is 5.69 Å². The van der Waals surface area contributed by atoms with E-state index in [1.807, 2.05) is 6.92 Å². The second-order valence-corrected chi connectivity index (χ2v) is 2.84. The Hall–Kier alpha value is -1.71. The van der Waals surface area contributed by atoms with E-state index in [-0.39, 0.29) is 0 Å². The zero-order chi connectivity index (χ0) is 10.6. The van der Waals surface area contributed by atoms with Crippen LogP contribution in [0, 0.1) is 0 Å². The van der Waals surface area contributed by atoms with Crippen molar-refractivity contribution in [3.05, 3.63) is 23.8 Å². The minimum Gasteiger partial charge on any atom is -0.398 e. The fourth-order valence-electron chi connectivity index (χ4n) is 1.14. The first kappa shape index (κ1) is 10.4. The summed E-state index contributed by atoms with van der Waals surface area (Å²) in [6.45, 7) is 3.23. The zero-order valence-electron chi connectivity index (χ0n) is 8.24. The maximum atomic E-state index is 10.5. The number of carbonyl (C=O) groups is 1. The van der Waals surface area contributed by atoms with Gasteiger partial charge in [0.15, 0.2) is 5.75 Å². The number of nitrogen functional groups attached to an aromatic ring is 1. The van der Waals surface area contributed by atoms with Gasteiger partial charge in [0.25, 0.3) is 0 Å². The summed E-state index contributed by atoms with van der Waals surface area (Å²) < 4.78 is 0. The Morgan fingerprint density at radius 3 is 2.79 bits per heavy atom. The van der Waals surface area contributed by atoms with Gasteiger partial charge in [-0.15, -0.1) is 0 Å². The lowest BCUT2D eigenvalue weighted by molar-refractivity contribution is -0.211. The molecule has 0 saturated carbocycles. The maximum Gasteiger partial charge on any atom is 0.352 e. The van der Waals surface area contributed by atoms with Gasteiger partial charge in [0, 0.05) is 18.2 Å². The third-order valence-electron chi connectivity index (χ3n) is 1.77. The summed E-state index contributed by atoms with van der Waals surface area (Å²) in [5.74, 6) is -0.00261. The van der Waals surface area contributed by atoms with Crippen molar-refractivity contribution in [2.24, 2.45) is 0 Å². The smallest absolute Gasteiger partial charge is 0.352 e. The molecule has 0 aliphatic carbocycles. The number of nitrogens with two attached hydrogens (primary N) is 1. The summed E-state index contributed by atoms with van der Waals surface area (Å²) in [6, 6.07) is 5.23. The van der Waals surface area contributed by atoms with Gasteiger partial charge >= 0.3 is 5.97 Å². The molecule has 0 unspecified atom stereocenters. The standard InChI is InChI=1S/C10H13NO3/c1-3-8-9(11)5-4-6-10(8)14-13-7(2)12/h4-6H,3,11H2,1-2H3. The average molecular weight is 195 g/mol. The molecular formula is C10H13NO3. The largest absolute Gasteiger partial charge is 0.398 e. The molecule has 0 aromatic heterocycles. The quantitative estimate of drug-likeness (QED) is 0.453. The van der Waals surface area contributed by atoms with Crippen molar-refractivity contribution in [2.75, 3.05) is 5.73 Å². The molecule has 1 rings (SSSR count). The minimum atomic E-state index is -0.491. The number of benzene rings is 1. The summed E-state index contributed by atoms with van der Waals surface area (Å²) in [6.07, 6.45) is 0.725. The molecule has 0 saturated heterocycles. The molecule has 4 nitrogen and oxygen atoms in total. The van der Waals surface area contributed by atoms with Gasteiger partial charge in [0.2, 0.25) is 0 Å². The van der Waals surface area contributed by atoms with Crippen LogP contribution in [-0.2, 0) is 16.1 Å². The van der Waals surface area contributed by atoms with Crippen LogP contribution < -0.4 is 10.6 Å². The first-order valence-corrected chi connectivity index (χ1v) is 4.37. The molecule has 0 bridgehead atoms. The van der Waals surface area contributed by atoms with Gasteiger partial charge in [-0.25, -0.2) is 4.79 Å². The monoisotopic (exact) mass is 195 g/mol. The number of rotatable bonds is 3. The summed E-state index contributed by atoms with van der Waals surface area (Å²) in [4.78, 5) is 19.8. The normalized spacial score (nSPS) is 9.57. The zero-order valence-corrected chi connectivity index (χ0v) is 8.24. The highest BCUT2D eigenvalue weighted by Gasteiger charge is 2.07. The van der Waals surface area contributed by atoms with Crippen molar-refractivity contribution in [2.45, 2.75) is 20.3 Å². The Morgan fingerprint density at radius 1 is 1.50 bits per heavy atom. The summed E-state index contributed by atoms with van der Waals surface area (Å²) >= 11 is 0. The molecule has 0 atom stereocenters. The highest BCUT2D eigenvalue weighted by Crippen LogP contribution is 2.24. The second kappa shape index (κ2) is 4.50. The van der Waals surface area contributed by atoms with E-state index in [4.69, 9.17) is 10.6 Å². The SMILES string of the molecule is CCc1c(N)cccc1OOC(C)=O. The van der Waals surface area contributed by atoms with Gasteiger partial charge in [-0.1, -0.05) is 13.0 Å². The Labute approximate surface area is 82.5 Å². The average Bonchev–Trinajstić information content (AvgIpc) is 2.14. The molecule has 2 N–H and O–H groups in total. The van der Waals surface area contributed by atoms with E-state index in [0.717, 1.165) is 12.0 Å². The minimum absolute atomic E-state index is 0.489.